The lowest BCUT2D eigenvalue weighted by Crippen LogP contribution is -2.00. The molecule has 0 aliphatic heterocycles. The van der Waals surface area contributed by atoms with Gasteiger partial charge in [0.25, 0.3) is 0 Å². The summed E-state index contributed by atoms with van der Waals surface area (Å²) in [6.45, 7) is 0. The van der Waals surface area contributed by atoms with E-state index in [4.69, 9.17) is 19.4 Å². The molecule has 0 saturated heterocycles. The normalized spacial score (nSPS) is 11.8. The number of hydrogen-bond donors (Lipinski definition) is 0. The number of furan rings is 1. The maximum Gasteiger partial charge on any atom is 0.164 e. The van der Waals surface area contributed by atoms with Gasteiger partial charge in [0.15, 0.2) is 17.5 Å². The fourth-order valence-electron chi connectivity index (χ4n) is 7.08. The second-order valence-corrected chi connectivity index (χ2v) is 11.8. The van der Waals surface area contributed by atoms with Gasteiger partial charge in [-0.05, 0) is 62.9 Å². The zero-order valence-electron chi connectivity index (χ0n) is 25.1. The second-order valence-electron chi connectivity index (χ2n) is 11.8. The highest BCUT2D eigenvalue weighted by atomic mass is 16.3. The van der Waals surface area contributed by atoms with E-state index in [2.05, 4.69) is 77.8 Å². The van der Waals surface area contributed by atoms with Crippen molar-refractivity contribution in [2.45, 2.75) is 0 Å². The van der Waals surface area contributed by atoms with Gasteiger partial charge in [0, 0.05) is 45.4 Å². The SMILES string of the molecule is c1ccc(-c2nc(-c3cccc(-c4ccc5c6c(cccc46)-c4cnccc4-5)c3)nc(-c3cccc4oc5ccccc5c34)n2)cc1. The Balaban J connectivity index is 1.17. The Hall–Kier alpha value is -6.46. The number of para-hydroxylation sites is 1. The van der Waals surface area contributed by atoms with Crippen LogP contribution in [0.5, 0.6) is 0 Å². The van der Waals surface area contributed by atoms with Gasteiger partial charge >= 0.3 is 0 Å². The van der Waals surface area contributed by atoms with E-state index in [1.54, 1.807) is 0 Å². The Morgan fingerprint density at radius 1 is 0.383 bits per heavy atom. The van der Waals surface area contributed by atoms with Crippen LogP contribution in [0.25, 0.3) is 100 Å². The first kappa shape index (κ1) is 25.8. The Morgan fingerprint density at radius 3 is 1.98 bits per heavy atom. The summed E-state index contributed by atoms with van der Waals surface area (Å²) in [5.74, 6) is 1.84. The number of benzene rings is 6. The van der Waals surface area contributed by atoms with Crippen molar-refractivity contribution in [1.82, 2.24) is 19.9 Å². The third kappa shape index (κ3) is 3.97. The quantitative estimate of drug-likeness (QED) is 0.201. The van der Waals surface area contributed by atoms with Crippen LogP contribution in [0.15, 0.2) is 150 Å². The number of nitrogens with zero attached hydrogens (tertiary/aromatic N) is 4. The van der Waals surface area contributed by atoms with Crippen molar-refractivity contribution < 1.29 is 4.42 Å². The third-order valence-corrected chi connectivity index (χ3v) is 9.18. The van der Waals surface area contributed by atoms with E-state index in [1.165, 1.54) is 38.6 Å². The Morgan fingerprint density at radius 2 is 1.04 bits per heavy atom. The minimum absolute atomic E-state index is 0.605. The number of hydrogen-bond acceptors (Lipinski definition) is 5. The Bertz CT molecular complexity index is 2660. The third-order valence-electron chi connectivity index (χ3n) is 9.18. The molecule has 0 N–H and O–H groups in total. The van der Waals surface area contributed by atoms with Crippen LogP contribution in [0.2, 0.25) is 0 Å². The molecule has 0 saturated carbocycles. The predicted molar refractivity (Wildman–Crippen MR) is 189 cm³/mol. The first-order valence-corrected chi connectivity index (χ1v) is 15.6. The zero-order chi connectivity index (χ0) is 30.9. The molecular formula is C42H24N4O. The van der Waals surface area contributed by atoms with E-state index in [1.807, 2.05) is 73.1 Å². The predicted octanol–water partition coefficient (Wildman–Crippen LogP) is 10.6. The maximum absolute atomic E-state index is 6.21. The van der Waals surface area contributed by atoms with Crippen LogP contribution in [-0.2, 0) is 0 Å². The van der Waals surface area contributed by atoms with Crippen molar-refractivity contribution >= 4 is 32.7 Å². The number of rotatable bonds is 4. The standard InChI is InChI=1S/C42H24N4O/c1-2-9-25(10-3-1)40-44-41(46-42(45-40)34-16-8-18-37-39(34)33-13-4-5-17-36(33)47-37)27-12-6-11-26(23-27)28-19-20-32-29-21-22-43-24-35(29)31-15-7-14-30(28)38(31)32/h1-24H. The van der Waals surface area contributed by atoms with E-state index in [0.29, 0.717) is 17.5 Å². The van der Waals surface area contributed by atoms with Crippen LogP contribution in [0.3, 0.4) is 0 Å². The largest absolute Gasteiger partial charge is 0.456 e. The van der Waals surface area contributed by atoms with E-state index in [9.17, 15) is 0 Å². The topological polar surface area (TPSA) is 64.7 Å². The summed E-state index contributed by atoms with van der Waals surface area (Å²) in [4.78, 5) is 19.6. The molecule has 0 unspecified atom stereocenters. The summed E-state index contributed by atoms with van der Waals surface area (Å²) in [5.41, 5.74) is 11.6. The van der Waals surface area contributed by atoms with Crippen LogP contribution >= 0.6 is 0 Å². The summed E-state index contributed by atoms with van der Waals surface area (Å²) in [5, 5.41) is 4.52. The molecular weight excluding hydrogens is 576 g/mol. The highest BCUT2D eigenvalue weighted by Gasteiger charge is 2.23. The van der Waals surface area contributed by atoms with Gasteiger partial charge in [-0.2, -0.15) is 0 Å². The molecule has 10 rings (SSSR count). The van der Waals surface area contributed by atoms with Crippen molar-refractivity contribution in [2.24, 2.45) is 0 Å². The lowest BCUT2D eigenvalue weighted by molar-refractivity contribution is 0.669. The molecule has 0 spiro atoms. The van der Waals surface area contributed by atoms with E-state index >= 15 is 0 Å². The highest BCUT2D eigenvalue weighted by Crippen LogP contribution is 2.49. The van der Waals surface area contributed by atoms with Crippen LogP contribution in [0.4, 0.5) is 0 Å². The highest BCUT2D eigenvalue weighted by molar-refractivity contribution is 6.18. The van der Waals surface area contributed by atoms with Gasteiger partial charge < -0.3 is 4.42 Å². The molecule has 0 atom stereocenters. The smallest absolute Gasteiger partial charge is 0.164 e. The van der Waals surface area contributed by atoms with Crippen LogP contribution in [0, 0.1) is 0 Å². The van der Waals surface area contributed by atoms with Crippen LogP contribution in [0.1, 0.15) is 0 Å². The van der Waals surface area contributed by atoms with Gasteiger partial charge in [0.1, 0.15) is 11.2 Å². The summed E-state index contributed by atoms with van der Waals surface area (Å²) in [7, 11) is 0. The number of fused-ring (bicyclic) bond motifs is 6. The van der Waals surface area contributed by atoms with Gasteiger partial charge in [-0.15, -0.1) is 0 Å². The number of pyridine rings is 1. The molecule has 1 aliphatic rings. The summed E-state index contributed by atoms with van der Waals surface area (Å²) >= 11 is 0. The minimum Gasteiger partial charge on any atom is -0.456 e. The Labute approximate surface area is 269 Å². The van der Waals surface area contributed by atoms with Crippen molar-refractivity contribution in [1.29, 1.82) is 0 Å². The molecule has 6 aromatic carbocycles. The summed E-state index contributed by atoms with van der Waals surface area (Å²) in [6.07, 6.45) is 3.84. The molecule has 1 aliphatic carbocycles. The average molecular weight is 601 g/mol. The van der Waals surface area contributed by atoms with Crippen LogP contribution < -0.4 is 0 Å². The summed E-state index contributed by atoms with van der Waals surface area (Å²) < 4.78 is 6.21. The van der Waals surface area contributed by atoms with Crippen molar-refractivity contribution in [3.8, 4) is 67.5 Å². The number of aromatic nitrogens is 4. The van der Waals surface area contributed by atoms with Gasteiger partial charge in [-0.3, -0.25) is 4.98 Å². The first-order valence-electron chi connectivity index (χ1n) is 15.6. The van der Waals surface area contributed by atoms with Crippen LogP contribution in [-0.4, -0.2) is 19.9 Å². The molecule has 9 aromatic rings. The zero-order valence-corrected chi connectivity index (χ0v) is 25.1. The minimum atomic E-state index is 0.605. The average Bonchev–Trinajstić information content (AvgIpc) is 3.69. The lowest BCUT2D eigenvalue weighted by Gasteiger charge is -2.12. The van der Waals surface area contributed by atoms with Crippen molar-refractivity contribution in [2.75, 3.05) is 0 Å². The van der Waals surface area contributed by atoms with E-state index in [0.717, 1.165) is 44.2 Å². The monoisotopic (exact) mass is 600 g/mol. The first-order chi connectivity index (χ1) is 23.3. The lowest BCUT2D eigenvalue weighted by atomic mass is 9.93. The van der Waals surface area contributed by atoms with Gasteiger partial charge in [0.2, 0.25) is 0 Å². The fourth-order valence-corrected chi connectivity index (χ4v) is 7.08. The molecule has 5 heteroatoms. The van der Waals surface area contributed by atoms with Gasteiger partial charge in [0.05, 0.1) is 0 Å². The van der Waals surface area contributed by atoms with Gasteiger partial charge in [-0.1, -0.05) is 109 Å². The molecule has 0 radical (unpaired) electrons. The Kier molecular flexibility index (Phi) is 5.51. The van der Waals surface area contributed by atoms with E-state index < -0.39 is 0 Å². The molecule has 0 bridgehead atoms. The summed E-state index contributed by atoms with van der Waals surface area (Å²) in [6, 6.07) is 45.9. The second kappa shape index (κ2) is 10.0. The van der Waals surface area contributed by atoms with E-state index in [-0.39, 0.29) is 0 Å². The molecule has 5 nitrogen and oxygen atoms in total. The molecule has 0 amide bonds. The molecule has 47 heavy (non-hydrogen) atoms. The van der Waals surface area contributed by atoms with Crippen molar-refractivity contribution in [3.63, 3.8) is 0 Å². The molecule has 3 heterocycles. The maximum atomic E-state index is 6.21. The molecule has 3 aromatic heterocycles. The molecule has 218 valence electrons. The molecule has 0 fully saturated rings. The van der Waals surface area contributed by atoms with Crippen molar-refractivity contribution in [3.05, 3.63) is 146 Å². The van der Waals surface area contributed by atoms with Gasteiger partial charge in [-0.25, -0.2) is 15.0 Å². The fraction of sp³-hybridized carbons (Fsp3) is 0.